The molecule has 0 radical (unpaired) electrons. The lowest BCUT2D eigenvalue weighted by Gasteiger charge is -2.13. The molecule has 0 bridgehead atoms. The van der Waals surface area contributed by atoms with E-state index in [1.54, 1.807) is 12.1 Å². The van der Waals surface area contributed by atoms with Crippen LogP contribution in [0.2, 0.25) is 0 Å². The largest absolute Gasteiger partial charge is 0.480 e. The van der Waals surface area contributed by atoms with Gasteiger partial charge in [-0.1, -0.05) is 29.8 Å². The van der Waals surface area contributed by atoms with Crippen LogP contribution in [-0.4, -0.2) is 41.3 Å². The quantitative estimate of drug-likeness (QED) is 0.789. The van der Waals surface area contributed by atoms with Crippen molar-refractivity contribution in [3.8, 4) is 0 Å². The first-order valence-corrected chi connectivity index (χ1v) is 5.96. The normalized spacial score (nSPS) is 10.0. The fourth-order valence-corrected chi connectivity index (χ4v) is 1.59. The predicted molar refractivity (Wildman–Crippen MR) is 70.0 cm³/mol. The van der Waals surface area contributed by atoms with Crippen molar-refractivity contribution in [2.75, 3.05) is 13.6 Å². The van der Waals surface area contributed by atoms with Gasteiger partial charge in [0.25, 0.3) is 0 Å². The van der Waals surface area contributed by atoms with E-state index in [-0.39, 0.29) is 31.1 Å². The van der Waals surface area contributed by atoms with Crippen LogP contribution in [0.1, 0.15) is 28.8 Å². The molecule has 0 saturated carbocycles. The second-order valence-corrected chi connectivity index (χ2v) is 4.43. The first kappa shape index (κ1) is 14.9. The molecule has 1 amide bonds. The molecule has 5 nitrogen and oxygen atoms in total. The summed E-state index contributed by atoms with van der Waals surface area (Å²) in [6.45, 7) is 1.58. The lowest BCUT2D eigenvalue weighted by molar-refractivity contribution is -0.143. The van der Waals surface area contributed by atoms with Crippen molar-refractivity contribution in [1.82, 2.24) is 4.90 Å². The number of carboxylic acid groups (broad SMARTS) is 1. The Kier molecular flexibility index (Phi) is 5.23. The Morgan fingerprint density at radius 1 is 1.11 bits per heavy atom. The first-order chi connectivity index (χ1) is 8.90. The molecule has 0 fully saturated rings. The van der Waals surface area contributed by atoms with Crippen LogP contribution in [0.3, 0.4) is 0 Å². The number of carbonyl (C=O) groups is 3. The number of carbonyl (C=O) groups excluding carboxylic acids is 2. The van der Waals surface area contributed by atoms with Crippen LogP contribution >= 0.6 is 0 Å². The van der Waals surface area contributed by atoms with Crippen molar-refractivity contribution >= 4 is 17.7 Å². The summed E-state index contributed by atoms with van der Waals surface area (Å²) < 4.78 is 0. The van der Waals surface area contributed by atoms with Gasteiger partial charge < -0.3 is 10.0 Å². The molecule has 0 aromatic heterocycles. The van der Waals surface area contributed by atoms with Crippen LogP contribution in [0.25, 0.3) is 0 Å². The van der Waals surface area contributed by atoms with Crippen LogP contribution in [0, 0.1) is 6.92 Å². The lowest BCUT2D eigenvalue weighted by Crippen LogP contribution is -2.32. The molecule has 0 unspecified atom stereocenters. The lowest BCUT2D eigenvalue weighted by atomic mass is 10.0. The Labute approximate surface area is 111 Å². The average Bonchev–Trinajstić information content (AvgIpc) is 2.35. The molecule has 0 saturated heterocycles. The number of ketones is 1. The molecule has 1 rings (SSSR count). The Balaban J connectivity index is 2.48. The molecule has 1 N–H and O–H groups in total. The molecule has 0 spiro atoms. The number of hydrogen-bond donors (Lipinski definition) is 1. The van der Waals surface area contributed by atoms with E-state index in [0.717, 1.165) is 10.5 Å². The molecule has 5 heteroatoms. The van der Waals surface area contributed by atoms with E-state index in [2.05, 4.69) is 0 Å². The van der Waals surface area contributed by atoms with Gasteiger partial charge in [0.2, 0.25) is 5.91 Å². The Hall–Kier alpha value is -2.17. The maximum absolute atomic E-state index is 11.8. The van der Waals surface area contributed by atoms with Crippen molar-refractivity contribution in [2.45, 2.75) is 19.8 Å². The third kappa shape index (κ3) is 4.91. The Bertz CT molecular complexity index is 479. The number of hydrogen-bond acceptors (Lipinski definition) is 3. The van der Waals surface area contributed by atoms with Crippen molar-refractivity contribution in [3.63, 3.8) is 0 Å². The van der Waals surface area contributed by atoms with E-state index >= 15 is 0 Å². The van der Waals surface area contributed by atoms with Gasteiger partial charge in [-0.15, -0.1) is 0 Å². The highest BCUT2D eigenvalue weighted by Gasteiger charge is 2.14. The average molecular weight is 263 g/mol. The first-order valence-electron chi connectivity index (χ1n) is 5.96. The van der Waals surface area contributed by atoms with Gasteiger partial charge in [0, 0.05) is 25.5 Å². The number of aryl methyl sites for hydroxylation is 1. The fourth-order valence-electron chi connectivity index (χ4n) is 1.59. The number of likely N-dealkylation sites (N-methyl/N-ethyl adjacent to an activating group) is 1. The summed E-state index contributed by atoms with van der Waals surface area (Å²) in [5.74, 6) is -1.53. The van der Waals surface area contributed by atoms with Crippen molar-refractivity contribution in [1.29, 1.82) is 0 Å². The Morgan fingerprint density at radius 3 is 2.21 bits per heavy atom. The van der Waals surface area contributed by atoms with Crippen molar-refractivity contribution in [2.24, 2.45) is 0 Å². The minimum Gasteiger partial charge on any atom is -0.480 e. The van der Waals surface area contributed by atoms with Crippen LogP contribution < -0.4 is 0 Å². The number of carboxylic acids is 1. The summed E-state index contributed by atoms with van der Waals surface area (Å²) in [4.78, 5) is 34.9. The monoisotopic (exact) mass is 263 g/mol. The Morgan fingerprint density at radius 2 is 1.68 bits per heavy atom. The molecule has 1 aromatic rings. The van der Waals surface area contributed by atoms with Crippen molar-refractivity contribution < 1.29 is 19.5 Å². The van der Waals surface area contributed by atoms with Crippen LogP contribution in [0.4, 0.5) is 0 Å². The molecular formula is C14H17NO4. The van der Waals surface area contributed by atoms with E-state index in [4.69, 9.17) is 5.11 Å². The molecule has 0 aliphatic carbocycles. The zero-order chi connectivity index (χ0) is 14.4. The standard InChI is InChI=1S/C14H17NO4/c1-10-3-5-11(6-4-10)12(16)7-8-13(17)15(2)9-14(18)19/h3-6H,7-9H2,1-2H3,(H,18,19). The molecule has 0 aliphatic rings. The third-order valence-corrected chi connectivity index (χ3v) is 2.74. The van der Waals surface area contributed by atoms with Gasteiger partial charge in [-0.05, 0) is 6.92 Å². The zero-order valence-electron chi connectivity index (χ0n) is 11.0. The van der Waals surface area contributed by atoms with E-state index in [9.17, 15) is 14.4 Å². The second-order valence-electron chi connectivity index (χ2n) is 4.43. The van der Waals surface area contributed by atoms with Gasteiger partial charge in [0.05, 0.1) is 0 Å². The van der Waals surface area contributed by atoms with Crippen LogP contribution in [0.5, 0.6) is 0 Å². The maximum atomic E-state index is 11.8. The highest BCUT2D eigenvalue weighted by molar-refractivity contribution is 5.98. The summed E-state index contributed by atoms with van der Waals surface area (Å²) in [5, 5.41) is 8.55. The smallest absolute Gasteiger partial charge is 0.323 e. The molecule has 102 valence electrons. The number of benzene rings is 1. The molecule has 0 aliphatic heterocycles. The van der Waals surface area contributed by atoms with Crippen LogP contribution in [0.15, 0.2) is 24.3 Å². The molecular weight excluding hydrogens is 246 g/mol. The minimum atomic E-state index is -1.07. The molecule has 0 atom stereocenters. The SMILES string of the molecule is Cc1ccc(C(=O)CCC(=O)N(C)CC(=O)O)cc1. The number of nitrogens with zero attached hydrogens (tertiary/aromatic N) is 1. The van der Waals surface area contributed by atoms with E-state index in [0.29, 0.717) is 5.56 Å². The van der Waals surface area contributed by atoms with Gasteiger partial charge in [0.15, 0.2) is 5.78 Å². The number of aliphatic carboxylic acids is 1. The van der Waals surface area contributed by atoms with Gasteiger partial charge in [-0.25, -0.2) is 0 Å². The van der Waals surface area contributed by atoms with Crippen LogP contribution in [-0.2, 0) is 9.59 Å². The van der Waals surface area contributed by atoms with Crippen molar-refractivity contribution in [3.05, 3.63) is 35.4 Å². The third-order valence-electron chi connectivity index (χ3n) is 2.74. The van der Waals surface area contributed by atoms with Gasteiger partial charge in [-0.3, -0.25) is 14.4 Å². The highest BCUT2D eigenvalue weighted by Crippen LogP contribution is 2.08. The number of Topliss-reactive ketones (excluding diaryl/α,β-unsaturated/α-hetero) is 1. The fraction of sp³-hybridized carbons (Fsp3) is 0.357. The highest BCUT2D eigenvalue weighted by atomic mass is 16.4. The maximum Gasteiger partial charge on any atom is 0.323 e. The number of amides is 1. The van der Waals surface area contributed by atoms with E-state index < -0.39 is 5.97 Å². The van der Waals surface area contributed by atoms with E-state index in [1.807, 2.05) is 19.1 Å². The summed E-state index contributed by atoms with van der Waals surface area (Å²) in [5.41, 5.74) is 1.63. The predicted octanol–water partition coefficient (Wildman–Crippen LogP) is 1.50. The minimum absolute atomic E-state index is 0.0243. The van der Waals surface area contributed by atoms with Gasteiger partial charge >= 0.3 is 5.97 Å². The summed E-state index contributed by atoms with van der Waals surface area (Å²) in [6, 6.07) is 7.13. The number of rotatable bonds is 6. The van der Waals surface area contributed by atoms with Gasteiger partial charge in [-0.2, -0.15) is 0 Å². The molecule has 19 heavy (non-hydrogen) atoms. The summed E-state index contributed by atoms with van der Waals surface area (Å²) >= 11 is 0. The molecule has 1 aromatic carbocycles. The zero-order valence-corrected chi connectivity index (χ0v) is 11.0. The molecule has 0 heterocycles. The second kappa shape index (κ2) is 6.68. The summed E-state index contributed by atoms with van der Waals surface area (Å²) in [7, 11) is 1.41. The van der Waals surface area contributed by atoms with Gasteiger partial charge in [0.1, 0.15) is 6.54 Å². The summed E-state index contributed by atoms with van der Waals surface area (Å²) in [6.07, 6.45) is 0.113. The topological polar surface area (TPSA) is 74.7 Å². The van der Waals surface area contributed by atoms with E-state index in [1.165, 1.54) is 7.05 Å².